The van der Waals surface area contributed by atoms with E-state index < -0.39 is 8.07 Å². The van der Waals surface area contributed by atoms with Crippen LogP contribution >= 0.6 is 0 Å². The van der Waals surface area contributed by atoms with E-state index in [9.17, 15) is 4.79 Å². The second-order valence-corrected chi connectivity index (χ2v) is 9.34. The summed E-state index contributed by atoms with van der Waals surface area (Å²) in [7, 11) is -1.29. The lowest BCUT2D eigenvalue weighted by molar-refractivity contribution is -0.139. The van der Waals surface area contributed by atoms with E-state index in [0.29, 0.717) is 11.8 Å². The Morgan fingerprint density at radius 3 is 2.18 bits per heavy atom. The first-order valence-corrected chi connectivity index (χ1v) is 7.28. The van der Waals surface area contributed by atoms with Gasteiger partial charge in [0.05, 0.1) is 14.3 Å². The van der Waals surface area contributed by atoms with Crippen molar-refractivity contribution in [2.75, 3.05) is 6.23 Å². The van der Waals surface area contributed by atoms with Crippen LogP contribution in [0, 0.1) is 0 Å². The summed E-state index contributed by atoms with van der Waals surface area (Å²) in [4.78, 5) is 10.5. The molecule has 0 heterocycles. The zero-order valence-electron chi connectivity index (χ0n) is 8.10. The van der Waals surface area contributed by atoms with Gasteiger partial charge in [0.15, 0.2) is 0 Å². The summed E-state index contributed by atoms with van der Waals surface area (Å²) >= 11 is 0. The molecule has 11 heavy (non-hydrogen) atoms. The molecule has 0 aromatic heterocycles. The minimum Gasteiger partial charge on any atom is -0.470 e. The number of carbonyl (C=O) groups is 1. The average molecular weight is 174 g/mol. The van der Waals surface area contributed by atoms with E-state index >= 15 is 0 Å². The molecule has 0 fully saturated rings. The van der Waals surface area contributed by atoms with Gasteiger partial charge in [0.1, 0.15) is 0 Å². The zero-order valence-corrected chi connectivity index (χ0v) is 9.10. The molecule has 0 aliphatic rings. The maximum Gasteiger partial charge on any atom is 0.302 e. The topological polar surface area (TPSA) is 26.3 Å². The standard InChI is InChI=1S/C8H18O2Si/c1-7(2)11(4,5)6-10-8(3)9/h7H,6H2,1-5H3. The van der Waals surface area contributed by atoms with Gasteiger partial charge >= 0.3 is 5.97 Å². The predicted molar refractivity (Wildman–Crippen MR) is 49.2 cm³/mol. The van der Waals surface area contributed by atoms with Gasteiger partial charge in [-0.3, -0.25) is 4.79 Å². The van der Waals surface area contributed by atoms with Gasteiger partial charge in [-0.1, -0.05) is 26.9 Å². The maximum absolute atomic E-state index is 10.5. The number of carbonyl (C=O) groups excluding carboxylic acids is 1. The Labute approximate surface area is 69.9 Å². The molecule has 0 rings (SSSR count). The summed E-state index contributed by atoms with van der Waals surface area (Å²) < 4.78 is 4.99. The molecule has 0 saturated heterocycles. The van der Waals surface area contributed by atoms with Crippen LogP contribution in [0.5, 0.6) is 0 Å². The van der Waals surface area contributed by atoms with Crippen LogP contribution in [0.15, 0.2) is 0 Å². The fourth-order valence-electron chi connectivity index (χ4n) is 0.454. The van der Waals surface area contributed by atoms with Crippen LogP contribution in [0.4, 0.5) is 0 Å². The lowest BCUT2D eigenvalue weighted by Crippen LogP contribution is -2.36. The minimum absolute atomic E-state index is 0.161. The Hall–Kier alpha value is -0.313. The molecular weight excluding hydrogens is 156 g/mol. The number of hydrogen-bond acceptors (Lipinski definition) is 2. The van der Waals surface area contributed by atoms with Crippen LogP contribution in [0.25, 0.3) is 0 Å². The fraction of sp³-hybridized carbons (Fsp3) is 0.875. The number of rotatable bonds is 3. The van der Waals surface area contributed by atoms with Gasteiger partial charge in [-0.05, 0) is 5.54 Å². The lowest BCUT2D eigenvalue weighted by atomic mass is 10.6. The van der Waals surface area contributed by atoms with Crippen LogP contribution < -0.4 is 0 Å². The molecule has 0 aromatic rings. The van der Waals surface area contributed by atoms with Gasteiger partial charge in [0.2, 0.25) is 0 Å². The van der Waals surface area contributed by atoms with Gasteiger partial charge in [0.25, 0.3) is 0 Å². The van der Waals surface area contributed by atoms with Crippen LogP contribution in [0.2, 0.25) is 18.6 Å². The number of esters is 1. The fourth-order valence-corrected chi connectivity index (χ4v) is 1.36. The van der Waals surface area contributed by atoms with Crippen molar-refractivity contribution in [1.82, 2.24) is 0 Å². The molecule has 0 saturated carbocycles. The highest BCUT2D eigenvalue weighted by Gasteiger charge is 2.26. The highest BCUT2D eigenvalue weighted by Crippen LogP contribution is 2.19. The third-order valence-corrected chi connectivity index (χ3v) is 6.22. The summed E-state index contributed by atoms with van der Waals surface area (Å²) in [5.41, 5.74) is 0.668. The Morgan fingerprint density at radius 1 is 1.45 bits per heavy atom. The van der Waals surface area contributed by atoms with E-state index in [1.165, 1.54) is 6.92 Å². The molecule has 0 aliphatic carbocycles. The van der Waals surface area contributed by atoms with E-state index in [-0.39, 0.29) is 5.97 Å². The largest absolute Gasteiger partial charge is 0.470 e. The molecule has 2 nitrogen and oxygen atoms in total. The molecule has 0 N–H and O–H groups in total. The predicted octanol–water partition coefficient (Wildman–Crippen LogP) is 2.21. The van der Waals surface area contributed by atoms with E-state index in [1.807, 2.05) is 0 Å². The lowest BCUT2D eigenvalue weighted by Gasteiger charge is -2.25. The molecule has 0 spiro atoms. The van der Waals surface area contributed by atoms with Crippen molar-refractivity contribution in [3.8, 4) is 0 Å². The van der Waals surface area contributed by atoms with Crippen molar-refractivity contribution < 1.29 is 9.53 Å². The highest BCUT2D eigenvalue weighted by atomic mass is 28.3. The Bertz CT molecular complexity index is 141. The molecule has 0 unspecified atom stereocenters. The Morgan fingerprint density at radius 2 is 1.91 bits per heavy atom. The van der Waals surface area contributed by atoms with E-state index in [0.717, 1.165) is 0 Å². The quantitative estimate of drug-likeness (QED) is 0.484. The molecule has 0 bridgehead atoms. The minimum atomic E-state index is -1.29. The van der Waals surface area contributed by atoms with Crippen LogP contribution in [-0.2, 0) is 9.53 Å². The van der Waals surface area contributed by atoms with Crippen molar-refractivity contribution in [2.24, 2.45) is 0 Å². The second kappa shape index (κ2) is 3.90. The number of hydrogen-bond donors (Lipinski definition) is 0. The first-order chi connectivity index (χ1) is 4.86. The normalized spacial score (nSPS) is 11.8. The Balaban J connectivity index is 3.82. The molecule has 0 radical (unpaired) electrons. The maximum atomic E-state index is 10.5. The van der Waals surface area contributed by atoms with E-state index in [2.05, 4.69) is 26.9 Å². The summed E-state index contributed by atoms with van der Waals surface area (Å²) in [6.07, 6.45) is 0.653. The first kappa shape index (κ1) is 10.7. The van der Waals surface area contributed by atoms with Crippen molar-refractivity contribution in [3.63, 3.8) is 0 Å². The molecule has 0 amide bonds. The monoisotopic (exact) mass is 174 g/mol. The first-order valence-electron chi connectivity index (χ1n) is 3.99. The van der Waals surface area contributed by atoms with Crippen LogP contribution in [-0.4, -0.2) is 20.3 Å². The van der Waals surface area contributed by atoms with Crippen molar-refractivity contribution in [1.29, 1.82) is 0 Å². The second-order valence-electron chi connectivity index (χ2n) is 3.92. The average Bonchev–Trinajstić information content (AvgIpc) is 1.84. The third-order valence-electron chi connectivity index (χ3n) is 2.21. The summed E-state index contributed by atoms with van der Waals surface area (Å²) in [5.74, 6) is -0.161. The summed E-state index contributed by atoms with van der Waals surface area (Å²) in [5, 5.41) is 0. The van der Waals surface area contributed by atoms with Gasteiger partial charge < -0.3 is 4.74 Å². The van der Waals surface area contributed by atoms with Crippen molar-refractivity contribution >= 4 is 14.0 Å². The molecule has 0 atom stereocenters. The SMILES string of the molecule is CC(=O)OC[Si](C)(C)C(C)C. The van der Waals surface area contributed by atoms with E-state index in [1.54, 1.807) is 0 Å². The van der Waals surface area contributed by atoms with Gasteiger partial charge in [0, 0.05) is 6.92 Å². The third kappa shape index (κ3) is 4.19. The molecule has 3 heteroatoms. The van der Waals surface area contributed by atoms with E-state index in [4.69, 9.17) is 4.74 Å². The molecular formula is C8H18O2Si. The van der Waals surface area contributed by atoms with Gasteiger partial charge in [-0.25, -0.2) is 0 Å². The van der Waals surface area contributed by atoms with Crippen molar-refractivity contribution in [2.45, 2.75) is 39.4 Å². The Kier molecular flexibility index (Phi) is 3.79. The van der Waals surface area contributed by atoms with Crippen molar-refractivity contribution in [3.05, 3.63) is 0 Å². The zero-order chi connectivity index (χ0) is 9.07. The van der Waals surface area contributed by atoms with Crippen LogP contribution in [0.1, 0.15) is 20.8 Å². The summed E-state index contributed by atoms with van der Waals surface area (Å²) in [6.45, 7) is 10.3. The van der Waals surface area contributed by atoms with Crippen LogP contribution in [0.3, 0.4) is 0 Å². The molecule has 0 aromatic carbocycles. The summed E-state index contributed by atoms with van der Waals surface area (Å²) in [6, 6.07) is 0. The smallest absolute Gasteiger partial charge is 0.302 e. The van der Waals surface area contributed by atoms with Gasteiger partial charge in [-0.15, -0.1) is 0 Å². The van der Waals surface area contributed by atoms with Gasteiger partial charge in [-0.2, -0.15) is 0 Å². The molecule has 66 valence electrons. The number of ether oxygens (including phenoxy) is 1. The highest BCUT2D eigenvalue weighted by molar-refractivity contribution is 6.78. The molecule has 0 aliphatic heterocycles.